The molecule has 0 aromatic heterocycles. The Morgan fingerprint density at radius 2 is 1.86 bits per heavy atom. The van der Waals surface area contributed by atoms with Crippen LogP contribution in [0.3, 0.4) is 0 Å². The van der Waals surface area contributed by atoms with E-state index in [9.17, 15) is 0 Å². The van der Waals surface area contributed by atoms with E-state index < -0.39 is 0 Å². The maximum atomic E-state index is 8.68. The smallest absolute Gasteiger partial charge is 0.138 e. The molecule has 1 atom stereocenters. The highest BCUT2D eigenvalue weighted by Crippen LogP contribution is 2.22. The molecule has 0 heterocycles. The third-order valence-electron chi connectivity index (χ3n) is 3.03. The molecule has 0 aromatic carbocycles. The number of thiocyanates is 1. The van der Waals surface area contributed by atoms with Crippen molar-refractivity contribution >= 4 is 11.8 Å². The van der Waals surface area contributed by atoms with E-state index in [1.165, 1.54) is 17.3 Å². The van der Waals surface area contributed by atoms with Crippen molar-refractivity contribution in [2.24, 2.45) is 5.92 Å². The molecule has 0 radical (unpaired) electrons. The molecule has 2 heteroatoms. The van der Waals surface area contributed by atoms with Crippen molar-refractivity contribution in [3.05, 3.63) is 46.4 Å². The fourth-order valence-corrected chi connectivity index (χ4v) is 2.05. The number of thioether (sulfide) groups is 1. The molecule has 0 aromatic rings. The molecule has 114 valence electrons. The van der Waals surface area contributed by atoms with Gasteiger partial charge in [0.1, 0.15) is 5.40 Å². The van der Waals surface area contributed by atoms with Gasteiger partial charge in [0.25, 0.3) is 0 Å². The van der Waals surface area contributed by atoms with Gasteiger partial charge in [0.05, 0.1) is 0 Å². The van der Waals surface area contributed by atoms with Crippen molar-refractivity contribution in [3.8, 4) is 29.1 Å². The first-order chi connectivity index (χ1) is 10.3. The summed E-state index contributed by atoms with van der Waals surface area (Å²) in [6.45, 7) is 17.7. The fourth-order valence-electron chi connectivity index (χ4n) is 1.66. The molecule has 1 nitrogen and oxygen atoms in total. The first kappa shape index (κ1) is 19.9. The summed E-state index contributed by atoms with van der Waals surface area (Å²) in [6.07, 6.45) is 2.77. The molecule has 0 amide bonds. The van der Waals surface area contributed by atoms with Crippen molar-refractivity contribution in [2.45, 2.75) is 41.0 Å². The van der Waals surface area contributed by atoms with E-state index in [2.05, 4.69) is 49.2 Å². The number of hydrogen-bond donors (Lipinski definition) is 0. The van der Waals surface area contributed by atoms with Gasteiger partial charge in [-0.2, -0.15) is 5.26 Å². The van der Waals surface area contributed by atoms with Crippen LogP contribution in [0, 0.1) is 40.3 Å². The Kier molecular flexibility index (Phi) is 9.61. The predicted molar refractivity (Wildman–Crippen MR) is 98.6 cm³/mol. The van der Waals surface area contributed by atoms with Gasteiger partial charge in [-0.05, 0) is 62.4 Å². The highest BCUT2D eigenvalue weighted by atomic mass is 32.2. The summed E-state index contributed by atoms with van der Waals surface area (Å²) >= 11 is 1.21. The highest BCUT2D eigenvalue weighted by Gasteiger charge is 2.03. The van der Waals surface area contributed by atoms with Gasteiger partial charge in [-0.3, -0.25) is 0 Å². The van der Waals surface area contributed by atoms with Crippen molar-refractivity contribution in [2.75, 3.05) is 0 Å². The van der Waals surface area contributed by atoms with Gasteiger partial charge in [-0.15, -0.1) is 5.92 Å². The lowest BCUT2D eigenvalue weighted by Crippen LogP contribution is -1.93. The molecule has 0 spiro atoms. The van der Waals surface area contributed by atoms with Crippen molar-refractivity contribution < 1.29 is 0 Å². The predicted octanol–water partition coefficient (Wildman–Crippen LogP) is 5.61. The normalized spacial score (nSPS) is 12.6. The van der Waals surface area contributed by atoms with Gasteiger partial charge >= 0.3 is 0 Å². The van der Waals surface area contributed by atoms with Crippen molar-refractivity contribution in [3.63, 3.8) is 0 Å². The third kappa shape index (κ3) is 8.26. The van der Waals surface area contributed by atoms with Crippen LogP contribution < -0.4 is 0 Å². The number of allylic oxidation sites excluding steroid dienone is 6. The van der Waals surface area contributed by atoms with Crippen LogP contribution in [-0.2, 0) is 0 Å². The summed E-state index contributed by atoms with van der Waals surface area (Å²) in [4.78, 5) is 1.06. The Morgan fingerprint density at radius 3 is 2.41 bits per heavy atom. The maximum Gasteiger partial charge on any atom is 0.138 e. The number of hydrogen-bond acceptors (Lipinski definition) is 2. The van der Waals surface area contributed by atoms with Gasteiger partial charge in [0, 0.05) is 17.1 Å². The van der Waals surface area contributed by atoms with E-state index in [1.807, 2.05) is 26.8 Å². The lowest BCUT2D eigenvalue weighted by molar-refractivity contribution is 0.740. The van der Waals surface area contributed by atoms with E-state index in [4.69, 9.17) is 5.26 Å². The second-order valence-corrected chi connectivity index (χ2v) is 6.11. The maximum absolute atomic E-state index is 8.68. The topological polar surface area (TPSA) is 23.8 Å². The molecule has 0 aliphatic rings. The second-order valence-electron chi connectivity index (χ2n) is 5.11. The van der Waals surface area contributed by atoms with E-state index in [1.54, 1.807) is 6.92 Å². The van der Waals surface area contributed by atoms with Crippen LogP contribution in [0.5, 0.6) is 0 Å². The largest absolute Gasteiger partial charge is 0.185 e. The average Bonchev–Trinajstić information content (AvgIpc) is 2.45. The fraction of sp³-hybridized carbons (Fsp3) is 0.350. The molecule has 0 saturated heterocycles. The molecule has 0 N–H and O–H groups in total. The zero-order valence-corrected chi connectivity index (χ0v) is 14.9. The summed E-state index contributed by atoms with van der Waals surface area (Å²) in [6, 6.07) is 0. The lowest BCUT2D eigenvalue weighted by Gasteiger charge is -2.06. The van der Waals surface area contributed by atoms with Gasteiger partial charge in [0.15, 0.2) is 0 Å². The molecule has 0 aliphatic heterocycles. The molecule has 0 saturated carbocycles. The molecule has 22 heavy (non-hydrogen) atoms. The molecule has 0 aliphatic carbocycles. The van der Waals surface area contributed by atoms with Gasteiger partial charge in [-0.25, -0.2) is 0 Å². The summed E-state index contributed by atoms with van der Waals surface area (Å²) in [5.41, 5.74) is 3.74. The molecular weight excluding hydrogens is 286 g/mol. The van der Waals surface area contributed by atoms with E-state index in [0.717, 1.165) is 28.0 Å². The van der Waals surface area contributed by atoms with Crippen LogP contribution in [0.1, 0.15) is 41.0 Å². The summed E-state index contributed by atoms with van der Waals surface area (Å²) < 4.78 is 0. The Morgan fingerprint density at radius 1 is 1.23 bits per heavy atom. The SMILES string of the molecule is C=C(C#CC(C)C/C(C)=C(\C)SC#N)/C=C(/C)C(=C)C#CC. The van der Waals surface area contributed by atoms with E-state index in [0.29, 0.717) is 0 Å². The summed E-state index contributed by atoms with van der Waals surface area (Å²) in [5.74, 6) is 12.3. The number of rotatable bonds is 5. The molecule has 1 unspecified atom stereocenters. The van der Waals surface area contributed by atoms with E-state index >= 15 is 0 Å². The highest BCUT2D eigenvalue weighted by molar-refractivity contribution is 8.07. The minimum Gasteiger partial charge on any atom is -0.185 e. The monoisotopic (exact) mass is 309 g/mol. The van der Waals surface area contributed by atoms with Crippen LogP contribution >= 0.6 is 11.8 Å². The standard InChI is InChI=1S/C20H23NS/c1-8-9-17(4)18(5)12-15(2)10-11-16(3)13-19(6)20(7)22-14-21/h12,16H,2,4,13H2,1,3,5-7H3/b18-12-,20-19+. The Balaban J connectivity index is 4.81. The Hall–Kier alpha value is -2.08. The van der Waals surface area contributed by atoms with Crippen LogP contribution in [0.25, 0.3) is 0 Å². The molecule has 0 bridgehead atoms. The van der Waals surface area contributed by atoms with Crippen LogP contribution in [0.4, 0.5) is 0 Å². The first-order valence-corrected chi connectivity index (χ1v) is 7.86. The number of nitrogens with zero attached hydrogens (tertiary/aromatic N) is 1. The third-order valence-corrected chi connectivity index (χ3v) is 3.78. The lowest BCUT2D eigenvalue weighted by atomic mass is 10.0. The van der Waals surface area contributed by atoms with Gasteiger partial charge in [-0.1, -0.05) is 43.4 Å². The van der Waals surface area contributed by atoms with Crippen molar-refractivity contribution in [1.82, 2.24) is 0 Å². The van der Waals surface area contributed by atoms with Crippen LogP contribution in [0.2, 0.25) is 0 Å². The Labute approximate surface area is 139 Å². The number of nitriles is 1. The minimum absolute atomic E-state index is 0.221. The first-order valence-electron chi connectivity index (χ1n) is 7.04. The van der Waals surface area contributed by atoms with E-state index in [-0.39, 0.29) is 5.92 Å². The Bertz CT molecular complexity index is 660. The van der Waals surface area contributed by atoms with Gasteiger partial charge in [0.2, 0.25) is 0 Å². The van der Waals surface area contributed by atoms with Crippen molar-refractivity contribution in [1.29, 1.82) is 5.26 Å². The van der Waals surface area contributed by atoms with Gasteiger partial charge < -0.3 is 0 Å². The molecular formula is C20H23NS. The average molecular weight is 309 g/mol. The summed E-state index contributed by atoms with van der Waals surface area (Å²) in [7, 11) is 0. The second kappa shape index (κ2) is 10.6. The van der Waals surface area contributed by atoms with Crippen LogP contribution in [0.15, 0.2) is 46.4 Å². The zero-order chi connectivity index (χ0) is 17.1. The quantitative estimate of drug-likeness (QED) is 0.374. The molecule has 0 rings (SSSR count). The summed E-state index contributed by atoms with van der Waals surface area (Å²) in [5, 5.41) is 10.8. The zero-order valence-electron chi connectivity index (χ0n) is 14.1. The minimum atomic E-state index is 0.221. The van der Waals surface area contributed by atoms with Crippen LogP contribution in [-0.4, -0.2) is 0 Å². The molecule has 0 fully saturated rings.